The molecule has 3 nitrogen and oxygen atoms in total. The van der Waals surface area contributed by atoms with Crippen molar-refractivity contribution in [1.29, 1.82) is 0 Å². The quantitative estimate of drug-likeness (QED) is 0.321. The third kappa shape index (κ3) is 2.71. The molecule has 0 fully saturated rings. The number of aromatic amines is 1. The van der Waals surface area contributed by atoms with Crippen LogP contribution in [0.4, 0.5) is 0 Å². The predicted octanol–water partition coefficient (Wildman–Crippen LogP) is 7.06. The Kier molecular flexibility index (Phi) is 3.83. The topological polar surface area (TPSA) is 40.5 Å². The highest BCUT2D eigenvalue weighted by atomic mass is 35.5. The smallest absolute Gasteiger partial charge is 0.136 e. The van der Waals surface area contributed by atoms with Crippen LogP contribution in [0.25, 0.3) is 31.1 Å². The lowest BCUT2D eigenvalue weighted by Gasteiger charge is -2.19. The van der Waals surface area contributed by atoms with Crippen LogP contribution >= 0.6 is 22.9 Å². The molecule has 1 N–H and O–H groups in total. The molecule has 1 unspecified atom stereocenters. The second-order valence-corrected chi connectivity index (χ2v) is 8.80. The first-order valence-electron chi connectivity index (χ1n) is 9.55. The largest absolute Gasteiger partial charge is 0.361 e. The van der Waals surface area contributed by atoms with Gasteiger partial charge in [0.2, 0.25) is 0 Å². The minimum atomic E-state index is 0.00947. The number of nitrogens with one attached hydrogen (secondary N) is 1. The van der Waals surface area contributed by atoms with E-state index < -0.39 is 0 Å². The molecule has 0 radical (unpaired) electrons. The maximum absolute atomic E-state index is 6.51. The van der Waals surface area contributed by atoms with Crippen LogP contribution < -0.4 is 0 Å². The van der Waals surface area contributed by atoms with E-state index in [1.807, 2.05) is 23.6 Å². The number of hydrogen-bond donors (Lipinski definition) is 1. The van der Waals surface area contributed by atoms with Gasteiger partial charge >= 0.3 is 0 Å². The first-order chi connectivity index (χ1) is 14.3. The summed E-state index contributed by atoms with van der Waals surface area (Å²) in [6.07, 6.45) is 2.78. The normalized spacial score (nSPS) is 17.1. The van der Waals surface area contributed by atoms with Crippen molar-refractivity contribution >= 4 is 64.9 Å². The van der Waals surface area contributed by atoms with E-state index in [2.05, 4.69) is 75.9 Å². The zero-order valence-corrected chi connectivity index (χ0v) is 17.0. The minimum absolute atomic E-state index is 0.00947. The molecule has 1 aliphatic rings. The maximum Gasteiger partial charge on any atom is 0.136 e. The second-order valence-electron chi connectivity index (χ2n) is 7.32. The molecule has 0 aliphatic carbocycles. The van der Waals surface area contributed by atoms with Crippen LogP contribution in [-0.4, -0.2) is 15.9 Å². The molecule has 6 rings (SSSR count). The molecule has 29 heavy (non-hydrogen) atoms. The van der Waals surface area contributed by atoms with Crippen LogP contribution in [0.2, 0.25) is 0 Å². The molecule has 5 aromatic rings. The molecule has 0 saturated heterocycles. The number of aromatic nitrogens is 1. The third-order valence-electron chi connectivity index (χ3n) is 5.66. The van der Waals surface area contributed by atoms with E-state index in [0.717, 1.165) is 23.2 Å². The van der Waals surface area contributed by atoms with Crippen molar-refractivity contribution in [3.8, 4) is 0 Å². The summed E-state index contributed by atoms with van der Waals surface area (Å²) in [6.45, 7) is 0. The number of thiophene rings is 1. The van der Waals surface area contributed by atoms with E-state index in [1.54, 1.807) is 0 Å². The van der Waals surface area contributed by atoms with Gasteiger partial charge < -0.3 is 4.98 Å². The zero-order chi connectivity index (χ0) is 19.4. The zero-order valence-electron chi connectivity index (χ0n) is 15.4. The van der Waals surface area contributed by atoms with Gasteiger partial charge in [-0.1, -0.05) is 54.1 Å². The van der Waals surface area contributed by atoms with Gasteiger partial charge in [-0.3, -0.25) is 0 Å². The first-order valence-corrected chi connectivity index (χ1v) is 10.7. The predicted molar refractivity (Wildman–Crippen MR) is 125 cm³/mol. The summed E-state index contributed by atoms with van der Waals surface area (Å²) in [5.41, 5.74) is 4.37. The monoisotopic (exact) mass is 413 g/mol. The van der Waals surface area contributed by atoms with Crippen LogP contribution in [0.5, 0.6) is 0 Å². The third-order valence-corrected chi connectivity index (χ3v) is 7.15. The van der Waals surface area contributed by atoms with Crippen molar-refractivity contribution in [2.24, 2.45) is 10.2 Å². The number of hydrogen-bond acceptors (Lipinski definition) is 3. The summed E-state index contributed by atoms with van der Waals surface area (Å²) in [4.78, 5) is 3.35. The Labute approximate surface area is 176 Å². The maximum atomic E-state index is 6.51. The van der Waals surface area contributed by atoms with Gasteiger partial charge in [-0.2, -0.15) is 5.10 Å². The van der Waals surface area contributed by atoms with Crippen molar-refractivity contribution in [3.05, 3.63) is 84.1 Å². The molecule has 5 heteroatoms. The molecule has 1 aliphatic heterocycles. The number of H-pyrrole nitrogens is 1. The van der Waals surface area contributed by atoms with Crippen molar-refractivity contribution in [2.75, 3.05) is 0 Å². The molecule has 2 aromatic heterocycles. The minimum Gasteiger partial charge on any atom is -0.361 e. The molecular weight excluding hydrogens is 398 g/mol. The van der Waals surface area contributed by atoms with Gasteiger partial charge in [0.05, 0.1) is 5.71 Å². The van der Waals surface area contributed by atoms with Gasteiger partial charge in [-0.15, -0.1) is 16.4 Å². The SMILES string of the molecule is ClC1=NN=C(c2ccc3sc4ccccc4c3c2)CC1c1c[nH]c2ccccc12. The van der Waals surface area contributed by atoms with Crippen LogP contribution in [0.15, 0.2) is 83.1 Å². The van der Waals surface area contributed by atoms with Crippen LogP contribution in [0, 0.1) is 0 Å². The molecule has 0 amide bonds. The summed E-state index contributed by atoms with van der Waals surface area (Å²) >= 11 is 8.34. The summed E-state index contributed by atoms with van der Waals surface area (Å²) in [7, 11) is 0. The highest BCUT2D eigenvalue weighted by Gasteiger charge is 2.26. The van der Waals surface area contributed by atoms with E-state index in [0.29, 0.717) is 5.17 Å². The second kappa shape index (κ2) is 6.55. The lowest BCUT2D eigenvalue weighted by molar-refractivity contribution is 0.917. The van der Waals surface area contributed by atoms with Crippen molar-refractivity contribution in [3.63, 3.8) is 0 Å². The molecule has 0 saturated carbocycles. The van der Waals surface area contributed by atoms with Gasteiger partial charge in [0.15, 0.2) is 0 Å². The molecule has 1 atom stereocenters. The lowest BCUT2D eigenvalue weighted by Crippen LogP contribution is -2.17. The number of fused-ring (bicyclic) bond motifs is 4. The van der Waals surface area contributed by atoms with E-state index in [-0.39, 0.29) is 5.92 Å². The highest BCUT2D eigenvalue weighted by molar-refractivity contribution is 7.25. The number of halogens is 1. The summed E-state index contributed by atoms with van der Waals surface area (Å²) in [5, 5.41) is 13.1. The Morgan fingerprint density at radius 2 is 1.66 bits per heavy atom. The van der Waals surface area contributed by atoms with Crippen LogP contribution in [-0.2, 0) is 0 Å². The van der Waals surface area contributed by atoms with Gasteiger partial charge in [0, 0.05) is 49.6 Å². The van der Waals surface area contributed by atoms with Crippen LogP contribution in [0.1, 0.15) is 23.5 Å². The Morgan fingerprint density at radius 1 is 0.862 bits per heavy atom. The molecule has 140 valence electrons. The van der Waals surface area contributed by atoms with E-state index in [9.17, 15) is 0 Å². The van der Waals surface area contributed by atoms with E-state index >= 15 is 0 Å². The van der Waals surface area contributed by atoms with Gasteiger partial charge in [0.25, 0.3) is 0 Å². The summed E-state index contributed by atoms with van der Waals surface area (Å²) in [6, 6.07) is 23.4. The van der Waals surface area contributed by atoms with E-state index in [4.69, 9.17) is 11.6 Å². The number of benzene rings is 3. The Balaban J connectivity index is 1.43. The molecule has 0 spiro atoms. The van der Waals surface area contributed by atoms with Crippen LogP contribution in [0.3, 0.4) is 0 Å². The standard InChI is InChI=1S/C24H16ClN3S/c25-24-18(19-13-26-20-7-3-1-5-15(19)20)12-21(27-28-24)14-9-10-23-17(11-14)16-6-2-4-8-22(16)29-23/h1-11,13,18,26H,12H2. The Morgan fingerprint density at radius 3 is 2.59 bits per heavy atom. The molecule has 0 bridgehead atoms. The molecular formula is C24H16ClN3S. The van der Waals surface area contributed by atoms with Gasteiger partial charge in [0.1, 0.15) is 5.17 Å². The van der Waals surface area contributed by atoms with Crippen molar-refractivity contribution in [2.45, 2.75) is 12.3 Å². The fraction of sp³-hybridized carbons (Fsp3) is 0.0833. The Hall–Kier alpha value is -2.95. The van der Waals surface area contributed by atoms with Gasteiger partial charge in [-0.05, 0) is 35.4 Å². The number of para-hydroxylation sites is 1. The lowest BCUT2D eigenvalue weighted by atomic mass is 9.90. The summed E-state index contributed by atoms with van der Waals surface area (Å²) in [5.74, 6) is 0.00947. The number of rotatable bonds is 2. The summed E-state index contributed by atoms with van der Waals surface area (Å²) < 4.78 is 2.60. The fourth-order valence-electron chi connectivity index (χ4n) is 4.20. The fourth-order valence-corrected chi connectivity index (χ4v) is 5.52. The molecule has 3 heterocycles. The van der Waals surface area contributed by atoms with Gasteiger partial charge in [-0.25, -0.2) is 0 Å². The van der Waals surface area contributed by atoms with E-state index in [1.165, 1.54) is 31.1 Å². The van der Waals surface area contributed by atoms with Crippen molar-refractivity contribution < 1.29 is 0 Å². The highest BCUT2D eigenvalue weighted by Crippen LogP contribution is 2.37. The number of nitrogens with zero attached hydrogens (tertiary/aromatic N) is 2. The molecule has 3 aromatic carbocycles. The van der Waals surface area contributed by atoms with Crippen molar-refractivity contribution in [1.82, 2.24) is 4.98 Å². The Bertz CT molecular complexity index is 1460. The first kappa shape index (κ1) is 17.0. The average Bonchev–Trinajstić information content (AvgIpc) is 3.35. The average molecular weight is 414 g/mol.